The maximum atomic E-state index is 10.6. The number of aliphatic carboxylic acids is 1. The summed E-state index contributed by atoms with van der Waals surface area (Å²) >= 11 is 0. The Morgan fingerprint density at radius 2 is 2.33 bits per heavy atom. The van der Waals surface area contributed by atoms with Crippen LogP contribution in [-0.4, -0.2) is 22.8 Å². The zero-order valence-corrected chi connectivity index (χ0v) is 7.58. The zero-order chi connectivity index (χ0) is 9.14. The summed E-state index contributed by atoms with van der Waals surface area (Å²) in [6.07, 6.45) is 2.60. The van der Waals surface area contributed by atoms with Gasteiger partial charge in [0, 0.05) is 5.71 Å². The van der Waals surface area contributed by atoms with Crippen LogP contribution in [0.25, 0.3) is 0 Å². The van der Waals surface area contributed by atoms with Crippen molar-refractivity contribution in [1.82, 2.24) is 0 Å². The largest absolute Gasteiger partial charge is 0.480 e. The van der Waals surface area contributed by atoms with Gasteiger partial charge in [0.15, 0.2) is 0 Å². The first-order valence-electron chi connectivity index (χ1n) is 4.48. The highest BCUT2D eigenvalue weighted by Gasteiger charge is 2.29. The van der Waals surface area contributed by atoms with Crippen LogP contribution in [0.2, 0.25) is 0 Å². The van der Waals surface area contributed by atoms with Crippen molar-refractivity contribution in [2.75, 3.05) is 0 Å². The van der Waals surface area contributed by atoms with Crippen molar-refractivity contribution < 1.29 is 9.90 Å². The SMILES string of the molecule is CCC1=NC(C(=O)O)CC1CC. The van der Waals surface area contributed by atoms with Gasteiger partial charge >= 0.3 is 5.97 Å². The molecular formula is C9H15NO2. The Morgan fingerprint density at radius 3 is 2.67 bits per heavy atom. The summed E-state index contributed by atoms with van der Waals surface area (Å²) < 4.78 is 0. The van der Waals surface area contributed by atoms with Crippen LogP contribution in [-0.2, 0) is 4.79 Å². The first kappa shape index (κ1) is 9.23. The Bertz CT molecular complexity index is 211. The normalized spacial score (nSPS) is 28.7. The van der Waals surface area contributed by atoms with E-state index in [1.807, 2.05) is 6.92 Å². The fourth-order valence-electron chi connectivity index (χ4n) is 1.70. The number of aliphatic imine (C=N–C) groups is 1. The number of rotatable bonds is 3. The Balaban J connectivity index is 2.67. The molecule has 3 heteroatoms. The van der Waals surface area contributed by atoms with E-state index in [4.69, 9.17) is 5.11 Å². The summed E-state index contributed by atoms with van der Waals surface area (Å²) in [4.78, 5) is 14.8. The highest BCUT2D eigenvalue weighted by atomic mass is 16.4. The molecule has 2 unspecified atom stereocenters. The molecule has 0 aliphatic carbocycles. The van der Waals surface area contributed by atoms with Gasteiger partial charge in [-0.2, -0.15) is 0 Å². The lowest BCUT2D eigenvalue weighted by Crippen LogP contribution is -2.16. The molecule has 12 heavy (non-hydrogen) atoms. The van der Waals surface area contributed by atoms with Gasteiger partial charge in [0.25, 0.3) is 0 Å². The molecule has 0 spiro atoms. The summed E-state index contributed by atoms with van der Waals surface area (Å²) in [5.41, 5.74) is 1.09. The maximum absolute atomic E-state index is 10.6. The lowest BCUT2D eigenvalue weighted by Gasteiger charge is -2.07. The minimum absolute atomic E-state index is 0.413. The second-order valence-corrected chi connectivity index (χ2v) is 3.17. The number of carbonyl (C=O) groups is 1. The van der Waals surface area contributed by atoms with Crippen LogP contribution in [0.5, 0.6) is 0 Å². The first-order chi connectivity index (χ1) is 5.69. The van der Waals surface area contributed by atoms with E-state index in [9.17, 15) is 4.79 Å². The molecule has 0 bridgehead atoms. The number of nitrogens with zero attached hydrogens (tertiary/aromatic N) is 1. The smallest absolute Gasteiger partial charge is 0.328 e. The Hall–Kier alpha value is -0.860. The fraction of sp³-hybridized carbons (Fsp3) is 0.778. The monoisotopic (exact) mass is 169 g/mol. The molecule has 0 fully saturated rings. The fourth-order valence-corrected chi connectivity index (χ4v) is 1.70. The molecule has 1 aliphatic heterocycles. The van der Waals surface area contributed by atoms with Crippen LogP contribution in [0.3, 0.4) is 0 Å². The summed E-state index contributed by atoms with van der Waals surface area (Å²) in [5.74, 6) is -0.368. The van der Waals surface area contributed by atoms with Gasteiger partial charge in [0.2, 0.25) is 0 Å². The predicted molar refractivity (Wildman–Crippen MR) is 47.5 cm³/mol. The van der Waals surface area contributed by atoms with Crippen molar-refractivity contribution in [3.63, 3.8) is 0 Å². The minimum atomic E-state index is -0.781. The van der Waals surface area contributed by atoms with Gasteiger partial charge in [-0.1, -0.05) is 13.8 Å². The van der Waals surface area contributed by atoms with Crippen LogP contribution in [0.1, 0.15) is 33.1 Å². The maximum Gasteiger partial charge on any atom is 0.328 e. The Labute approximate surface area is 72.5 Å². The molecule has 1 N–H and O–H groups in total. The zero-order valence-electron chi connectivity index (χ0n) is 7.58. The molecule has 0 amide bonds. The summed E-state index contributed by atoms with van der Waals surface area (Å²) in [5, 5.41) is 8.73. The van der Waals surface area contributed by atoms with E-state index in [1.54, 1.807) is 0 Å². The molecule has 3 nitrogen and oxygen atoms in total. The minimum Gasteiger partial charge on any atom is -0.480 e. The molecule has 0 saturated carbocycles. The lowest BCUT2D eigenvalue weighted by atomic mass is 9.95. The number of carboxylic acids is 1. The highest BCUT2D eigenvalue weighted by Crippen LogP contribution is 2.24. The molecular weight excluding hydrogens is 154 g/mol. The second kappa shape index (κ2) is 3.70. The van der Waals surface area contributed by atoms with Crippen LogP contribution >= 0.6 is 0 Å². The van der Waals surface area contributed by atoms with Gasteiger partial charge in [-0.25, -0.2) is 4.79 Å². The average Bonchev–Trinajstić information content (AvgIpc) is 2.46. The third kappa shape index (κ3) is 1.65. The first-order valence-corrected chi connectivity index (χ1v) is 4.48. The van der Waals surface area contributed by atoms with E-state index in [-0.39, 0.29) is 0 Å². The van der Waals surface area contributed by atoms with Crippen molar-refractivity contribution in [2.45, 2.75) is 39.2 Å². The van der Waals surface area contributed by atoms with E-state index in [0.717, 1.165) is 18.6 Å². The topological polar surface area (TPSA) is 49.7 Å². The molecule has 0 aromatic rings. The third-order valence-corrected chi connectivity index (χ3v) is 2.44. The van der Waals surface area contributed by atoms with Gasteiger partial charge in [0.05, 0.1) is 0 Å². The number of hydrogen-bond donors (Lipinski definition) is 1. The standard InChI is InChI=1S/C9H15NO2/c1-3-6-5-8(9(11)12)10-7(6)4-2/h6,8H,3-5H2,1-2H3,(H,11,12). The van der Waals surface area contributed by atoms with Crippen molar-refractivity contribution >= 4 is 11.7 Å². The lowest BCUT2D eigenvalue weighted by molar-refractivity contribution is -0.138. The summed E-state index contributed by atoms with van der Waals surface area (Å²) in [7, 11) is 0. The molecule has 0 saturated heterocycles. The summed E-state index contributed by atoms with van der Waals surface area (Å²) in [6, 6.07) is -0.468. The predicted octanol–water partition coefficient (Wildman–Crippen LogP) is 1.72. The molecule has 1 heterocycles. The molecule has 0 aromatic carbocycles. The summed E-state index contributed by atoms with van der Waals surface area (Å²) in [6.45, 7) is 4.12. The molecule has 1 aliphatic rings. The van der Waals surface area contributed by atoms with Crippen LogP contribution in [0.4, 0.5) is 0 Å². The molecule has 1 rings (SSSR count). The van der Waals surface area contributed by atoms with Crippen molar-refractivity contribution in [1.29, 1.82) is 0 Å². The van der Waals surface area contributed by atoms with Gasteiger partial charge < -0.3 is 5.11 Å². The van der Waals surface area contributed by atoms with E-state index >= 15 is 0 Å². The van der Waals surface area contributed by atoms with E-state index in [0.29, 0.717) is 12.3 Å². The number of hydrogen-bond acceptors (Lipinski definition) is 2. The quantitative estimate of drug-likeness (QED) is 0.699. The van der Waals surface area contributed by atoms with E-state index < -0.39 is 12.0 Å². The highest BCUT2D eigenvalue weighted by molar-refractivity contribution is 5.92. The van der Waals surface area contributed by atoms with Crippen LogP contribution in [0.15, 0.2) is 4.99 Å². The van der Waals surface area contributed by atoms with Crippen LogP contribution < -0.4 is 0 Å². The van der Waals surface area contributed by atoms with Gasteiger partial charge in [-0.15, -0.1) is 0 Å². The van der Waals surface area contributed by atoms with E-state index in [2.05, 4.69) is 11.9 Å². The van der Waals surface area contributed by atoms with Crippen molar-refractivity contribution in [3.8, 4) is 0 Å². The van der Waals surface area contributed by atoms with Gasteiger partial charge in [0.1, 0.15) is 6.04 Å². The van der Waals surface area contributed by atoms with Crippen molar-refractivity contribution in [3.05, 3.63) is 0 Å². The van der Waals surface area contributed by atoms with E-state index in [1.165, 1.54) is 0 Å². The molecule has 0 aromatic heterocycles. The second-order valence-electron chi connectivity index (χ2n) is 3.17. The molecule has 68 valence electrons. The third-order valence-electron chi connectivity index (χ3n) is 2.44. The average molecular weight is 169 g/mol. The van der Waals surface area contributed by atoms with Crippen LogP contribution in [0, 0.1) is 5.92 Å². The molecule has 2 atom stereocenters. The molecule has 0 radical (unpaired) electrons. The van der Waals surface area contributed by atoms with Crippen molar-refractivity contribution in [2.24, 2.45) is 10.9 Å². The Kier molecular flexibility index (Phi) is 2.84. The van der Waals surface area contributed by atoms with Gasteiger partial charge in [-0.3, -0.25) is 4.99 Å². The Morgan fingerprint density at radius 1 is 1.67 bits per heavy atom. The number of carboxylic acid groups (broad SMARTS) is 1. The van der Waals surface area contributed by atoms with Gasteiger partial charge in [-0.05, 0) is 25.2 Å².